The Morgan fingerprint density at radius 1 is 1.32 bits per heavy atom. The molecule has 150 valence electrons. The smallest absolute Gasteiger partial charge is 0.346 e. The highest BCUT2D eigenvalue weighted by Crippen LogP contribution is 2.30. The Hall–Kier alpha value is -2.42. The summed E-state index contributed by atoms with van der Waals surface area (Å²) in [5, 5.41) is 4.05. The summed E-state index contributed by atoms with van der Waals surface area (Å²) in [7, 11) is 4.02. The first-order chi connectivity index (χ1) is 13.0. The van der Waals surface area contributed by atoms with E-state index < -0.39 is 0 Å². The highest BCUT2D eigenvalue weighted by atomic mass is 35.5. The van der Waals surface area contributed by atoms with Crippen LogP contribution in [0.4, 0.5) is 10.1 Å². The van der Waals surface area contributed by atoms with Crippen molar-refractivity contribution in [2.75, 3.05) is 25.5 Å². The molecule has 0 saturated carbocycles. The number of anilines is 1. The third kappa shape index (κ3) is 4.89. The molecule has 2 N–H and O–H groups in total. The predicted octanol–water partition coefficient (Wildman–Crippen LogP) is 3.12. The molecule has 3 aromatic rings. The minimum Gasteiger partial charge on any atom is -0.378 e. The van der Waals surface area contributed by atoms with E-state index in [0.29, 0.717) is 18.4 Å². The van der Waals surface area contributed by atoms with E-state index in [4.69, 9.17) is 5.73 Å². The molecule has 9 heteroatoms. The van der Waals surface area contributed by atoms with E-state index in [-0.39, 0.29) is 31.2 Å². The molecule has 0 spiro atoms. The van der Waals surface area contributed by atoms with Crippen LogP contribution in [-0.2, 0) is 13.1 Å². The molecule has 0 bridgehead atoms. The van der Waals surface area contributed by atoms with Gasteiger partial charge in [-0.05, 0) is 35.4 Å². The highest BCUT2D eigenvalue weighted by Gasteiger charge is 2.10. The SMILES string of the molecule is CN(C)c1cccc(-c2ccc(Cn3cnn(C/C(=C/F)CN)c3=O)s2)c1.Cl. The van der Waals surface area contributed by atoms with Gasteiger partial charge in [-0.1, -0.05) is 12.1 Å². The average Bonchev–Trinajstić information content (AvgIpc) is 3.28. The zero-order chi connectivity index (χ0) is 19.4. The molecule has 0 radical (unpaired) electrons. The molecule has 0 unspecified atom stereocenters. The van der Waals surface area contributed by atoms with E-state index in [1.54, 1.807) is 11.3 Å². The van der Waals surface area contributed by atoms with Crippen molar-refractivity contribution in [3.63, 3.8) is 0 Å². The number of hydrogen-bond donors (Lipinski definition) is 1. The Bertz CT molecular complexity index is 1010. The lowest BCUT2D eigenvalue weighted by Gasteiger charge is -2.12. The standard InChI is InChI=1S/C19H22FN5OS.ClH/c1-23(2)16-5-3-4-15(8-16)18-7-6-17(27-18)12-24-13-22-25(19(24)26)11-14(9-20)10-21;/h3-9,13H,10-12,21H2,1-2H3;1H/b14-9+;. The van der Waals surface area contributed by atoms with Crippen molar-refractivity contribution in [3.8, 4) is 10.4 Å². The van der Waals surface area contributed by atoms with Crippen LogP contribution in [0.25, 0.3) is 10.4 Å². The van der Waals surface area contributed by atoms with Gasteiger partial charge in [0.15, 0.2) is 0 Å². The van der Waals surface area contributed by atoms with E-state index in [9.17, 15) is 9.18 Å². The zero-order valence-electron chi connectivity index (χ0n) is 15.7. The zero-order valence-corrected chi connectivity index (χ0v) is 17.3. The second-order valence-corrected chi connectivity index (χ2v) is 7.55. The molecule has 2 aromatic heterocycles. The molecule has 0 fully saturated rings. The number of hydrogen-bond acceptors (Lipinski definition) is 5. The summed E-state index contributed by atoms with van der Waals surface area (Å²) in [6.45, 7) is 0.538. The van der Waals surface area contributed by atoms with Gasteiger partial charge < -0.3 is 10.6 Å². The Kier molecular flexibility index (Phi) is 7.56. The maximum Gasteiger partial charge on any atom is 0.346 e. The number of nitrogens with two attached hydrogens (primary N) is 1. The van der Waals surface area contributed by atoms with Gasteiger partial charge in [-0.15, -0.1) is 23.7 Å². The molecule has 1 aromatic carbocycles. The van der Waals surface area contributed by atoms with Gasteiger partial charge >= 0.3 is 5.69 Å². The van der Waals surface area contributed by atoms with Crippen molar-refractivity contribution in [1.82, 2.24) is 14.3 Å². The number of benzene rings is 1. The second-order valence-electron chi connectivity index (χ2n) is 6.38. The molecular weight excluding hydrogens is 401 g/mol. The van der Waals surface area contributed by atoms with Crippen molar-refractivity contribution in [3.05, 3.63) is 70.0 Å². The van der Waals surface area contributed by atoms with E-state index in [2.05, 4.69) is 34.3 Å². The van der Waals surface area contributed by atoms with E-state index in [1.807, 2.05) is 26.2 Å². The lowest BCUT2D eigenvalue weighted by Crippen LogP contribution is -2.26. The molecule has 0 amide bonds. The summed E-state index contributed by atoms with van der Waals surface area (Å²) in [4.78, 5) is 16.7. The summed E-state index contributed by atoms with van der Waals surface area (Å²) in [6.07, 6.45) is 1.90. The van der Waals surface area contributed by atoms with E-state index in [0.717, 1.165) is 21.0 Å². The summed E-state index contributed by atoms with van der Waals surface area (Å²) in [5.74, 6) is 0. The minimum absolute atomic E-state index is 0. The lowest BCUT2D eigenvalue weighted by molar-refractivity contribution is 0.604. The fourth-order valence-corrected chi connectivity index (χ4v) is 3.65. The first kappa shape index (κ1) is 21.9. The van der Waals surface area contributed by atoms with Gasteiger partial charge in [0.2, 0.25) is 0 Å². The van der Waals surface area contributed by atoms with Gasteiger partial charge in [-0.25, -0.2) is 13.9 Å². The van der Waals surface area contributed by atoms with E-state index in [1.165, 1.54) is 15.6 Å². The second kappa shape index (κ2) is 9.68. The molecular formula is C19H23ClFN5OS. The molecule has 0 saturated heterocycles. The first-order valence-electron chi connectivity index (χ1n) is 8.48. The van der Waals surface area contributed by atoms with E-state index >= 15 is 0 Å². The van der Waals surface area contributed by atoms with Crippen LogP contribution in [-0.4, -0.2) is 35.0 Å². The number of halogens is 2. The third-order valence-electron chi connectivity index (χ3n) is 4.20. The van der Waals surface area contributed by atoms with Crippen molar-refractivity contribution in [2.45, 2.75) is 13.1 Å². The largest absolute Gasteiger partial charge is 0.378 e. The number of rotatable bonds is 7. The third-order valence-corrected chi connectivity index (χ3v) is 5.32. The van der Waals surface area contributed by atoms with Crippen molar-refractivity contribution < 1.29 is 4.39 Å². The Morgan fingerprint density at radius 3 is 2.79 bits per heavy atom. The average molecular weight is 424 g/mol. The molecule has 0 aliphatic rings. The maximum absolute atomic E-state index is 12.7. The van der Waals surface area contributed by atoms with Gasteiger partial charge in [0.25, 0.3) is 0 Å². The fraction of sp³-hybridized carbons (Fsp3) is 0.263. The summed E-state index contributed by atoms with van der Waals surface area (Å²) in [6, 6.07) is 12.4. The summed E-state index contributed by atoms with van der Waals surface area (Å²) in [5.41, 5.74) is 7.75. The Labute approximate surface area is 173 Å². The van der Waals surface area contributed by atoms with Crippen molar-refractivity contribution in [1.29, 1.82) is 0 Å². The van der Waals surface area contributed by atoms with Crippen molar-refractivity contribution >= 4 is 29.4 Å². The molecule has 6 nitrogen and oxygen atoms in total. The molecule has 28 heavy (non-hydrogen) atoms. The maximum atomic E-state index is 12.7. The van der Waals surface area contributed by atoms with Crippen LogP contribution in [0.2, 0.25) is 0 Å². The van der Waals surface area contributed by atoms with Gasteiger partial charge in [-0.2, -0.15) is 5.10 Å². The molecule has 3 rings (SSSR count). The number of nitrogens with zero attached hydrogens (tertiary/aromatic N) is 4. The van der Waals surface area contributed by atoms with Crippen molar-refractivity contribution in [2.24, 2.45) is 5.73 Å². The normalized spacial score (nSPS) is 11.4. The number of aromatic nitrogens is 3. The van der Waals surface area contributed by atoms with Crippen LogP contribution >= 0.6 is 23.7 Å². The fourth-order valence-electron chi connectivity index (χ4n) is 2.65. The topological polar surface area (TPSA) is 69.1 Å². The van der Waals surface area contributed by atoms with Crippen LogP contribution in [0, 0.1) is 0 Å². The van der Waals surface area contributed by atoms with Gasteiger partial charge in [0.1, 0.15) is 6.33 Å². The molecule has 2 heterocycles. The van der Waals surface area contributed by atoms with Crippen LogP contribution in [0.5, 0.6) is 0 Å². The highest BCUT2D eigenvalue weighted by molar-refractivity contribution is 7.15. The van der Waals surface area contributed by atoms with Gasteiger partial charge in [0, 0.05) is 36.1 Å². The summed E-state index contributed by atoms with van der Waals surface area (Å²) >= 11 is 1.64. The first-order valence-corrected chi connectivity index (χ1v) is 9.30. The summed E-state index contributed by atoms with van der Waals surface area (Å²) < 4.78 is 15.4. The van der Waals surface area contributed by atoms with Crippen LogP contribution < -0.4 is 16.3 Å². The van der Waals surface area contributed by atoms with Crippen LogP contribution in [0.15, 0.2) is 59.4 Å². The van der Waals surface area contributed by atoms with Gasteiger partial charge in [-0.3, -0.25) is 4.57 Å². The Morgan fingerprint density at radius 2 is 2.11 bits per heavy atom. The molecule has 0 aliphatic carbocycles. The Balaban J connectivity index is 0.00000280. The predicted molar refractivity (Wildman–Crippen MR) is 115 cm³/mol. The van der Waals surface area contributed by atoms with Crippen LogP contribution in [0.3, 0.4) is 0 Å². The molecule has 0 atom stereocenters. The quantitative estimate of drug-likeness (QED) is 0.634. The minimum atomic E-state index is -0.285. The molecule has 0 aliphatic heterocycles. The van der Waals surface area contributed by atoms with Crippen LogP contribution in [0.1, 0.15) is 4.88 Å². The van der Waals surface area contributed by atoms with Gasteiger partial charge in [0.05, 0.1) is 19.4 Å². The number of thiophene rings is 1. The monoisotopic (exact) mass is 423 g/mol. The lowest BCUT2D eigenvalue weighted by atomic mass is 10.1.